The number of ether oxygens (including phenoxy) is 2. The number of terminal acetylenes is 1. The van der Waals surface area contributed by atoms with Gasteiger partial charge in [0.2, 0.25) is 0 Å². The average molecular weight is 654 g/mol. The van der Waals surface area contributed by atoms with Gasteiger partial charge < -0.3 is 24.8 Å². The van der Waals surface area contributed by atoms with E-state index in [4.69, 9.17) is 37.5 Å². The molecule has 0 amide bonds. The third kappa shape index (κ3) is 5.00. The molecule has 0 radical (unpaired) electrons. The number of hydrogen-bond donors (Lipinski definition) is 2. The predicted octanol–water partition coefficient (Wildman–Crippen LogP) is 5.81. The molecule has 3 aromatic carbocycles. The van der Waals surface area contributed by atoms with E-state index in [0.29, 0.717) is 69.3 Å². The van der Waals surface area contributed by atoms with Crippen molar-refractivity contribution in [2.75, 3.05) is 44.3 Å². The number of likely N-dealkylation sites (tertiary alicyclic amines) is 1. The van der Waals surface area contributed by atoms with Crippen molar-refractivity contribution in [3.63, 3.8) is 0 Å². The number of aromatic nitrogens is 2. The number of nitrogens with one attached hydrogen (secondary N) is 1. The van der Waals surface area contributed by atoms with Gasteiger partial charge in [0.1, 0.15) is 17.4 Å². The first-order chi connectivity index (χ1) is 22.8. The van der Waals surface area contributed by atoms with Crippen molar-refractivity contribution in [3.05, 3.63) is 52.3 Å². The van der Waals surface area contributed by atoms with E-state index in [9.17, 15) is 5.11 Å². The van der Waals surface area contributed by atoms with Crippen molar-refractivity contribution in [1.82, 2.24) is 20.2 Å². The fourth-order valence-electron chi connectivity index (χ4n) is 8.53. The molecule has 4 aromatic rings. The molecule has 5 heterocycles. The Bertz CT molecular complexity index is 1980. The summed E-state index contributed by atoms with van der Waals surface area (Å²) in [6.07, 6.45) is 11.8. The van der Waals surface area contributed by atoms with Crippen LogP contribution < -0.4 is 15.0 Å². The van der Waals surface area contributed by atoms with Gasteiger partial charge in [0.25, 0.3) is 0 Å². The number of piperazine rings is 1. The molecule has 8 nitrogen and oxygen atoms in total. The van der Waals surface area contributed by atoms with Gasteiger partial charge in [0.05, 0.1) is 35.4 Å². The quantitative estimate of drug-likeness (QED) is 0.242. The second kappa shape index (κ2) is 10.9. The first-order valence-corrected chi connectivity index (χ1v) is 17.1. The fraction of sp³-hybridized carbons (Fsp3) is 0.459. The molecule has 2 unspecified atom stereocenters. The number of phenolic OH excluding ortho intramolecular Hbond substituents is 1. The van der Waals surface area contributed by atoms with Crippen LogP contribution in [0, 0.1) is 30.5 Å². The number of fused-ring (bicyclic) bond motifs is 6. The lowest BCUT2D eigenvalue weighted by molar-refractivity contribution is 0.0176. The van der Waals surface area contributed by atoms with Gasteiger partial charge in [-0.2, -0.15) is 9.97 Å². The molecular formula is C37H37ClFN5O3. The van der Waals surface area contributed by atoms with Crippen molar-refractivity contribution in [1.29, 1.82) is 0 Å². The van der Waals surface area contributed by atoms with E-state index in [-0.39, 0.29) is 16.7 Å². The minimum absolute atomic E-state index is 0.0360. The Morgan fingerprint density at radius 1 is 1.17 bits per heavy atom. The second-order valence-corrected chi connectivity index (χ2v) is 14.8. The maximum absolute atomic E-state index is 15.0. The molecule has 1 aromatic heterocycles. The van der Waals surface area contributed by atoms with Crippen molar-refractivity contribution in [2.45, 2.75) is 63.3 Å². The Balaban J connectivity index is 1.15. The Morgan fingerprint density at radius 2 is 1.98 bits per heavy atom. The molecule has 4 atom stereocenters. The minimum atomic E-state index is -0.501. The van der Waals surface area contributed by atoms with Crippen LogP contribution in [0.1, 0.15) is 43.2 Å². The van der Waals surface area contributed by atoms with Crippen LogP contribution in [0.15, 0.2) is 30.3 Å². The lowest BCUT2D eigenvalue weighted by Crippen LogP contribution is -2.51. The van der Waals surface area contributed by atoms with Gasteiger partial charge >= 0.3 is 6.01 Å². The smallest absolute Gasteiger partial charge is 0.319 e. The topological polar surface area (TPSA) is 83.0 Å². The highest BCUT2D eigenvalue weighted by atomic mass is 35.5. The molecule has 2 N–H and O–H groups in total. The van der Waals surface area contributed by atoms with E-state index in [1.54, 1.807) is 18.2 Å². The Labute approximate surface area is 278 Å². The zero-order chi connectivity index (χ0) is 32.0. The van der Waals surface area contributed by atoms with Crippen LogP contribution in [0.2, 0.25) is 5.02 Å². The van der Waals surface area contributed by atoms with Gasteiger partial charge in [-0.3, -0.25) is 4.90 Å². The summed E-state index contributed by atoms with van der Waals surface area (Å²) in [5.74, 6) is 2.87. The lowest BCUT2D eigenvalue weighted by atomic mass is 9.91. The molecule has 4 bridgehead atoms. The predicted molar refractivity (Wildman–Crippen MR) is 181 cm³/mol. The van der Waals surface area contributed by atoms with Crippen molar-refractivity contribution in [2.24, 2.45) is 5.41 Å². The van der Waals surface area contributed by atoms with E-state index in [1.807, 2.05) is 6.92 Å². The van der Waals surface area contributed by atoms with Crippen LogP contribution in [-0.4, -0.2) is 83.6 Å². The molecule has 4 saturated heterocycles. The number of phenols is 1. The summed E-state index contributed by atoms with van der Waals surface area (Å²) < 4.78 is 27.4. The summed E-state index contributed by atoms with van der Waals surface area (Å²) in [6.45, 7) is 7.02. The number of aryl methyl sites for hydroxylation is 1. The maximum atomic E-state index is 15.0. The number of rotatable bonds is 7. The van der Waals surface area contributed by atoms with Crippen LogP contribution >= 0.6 is 11.6 Å². The molecule has 9 rings (SSSR count). The maximum Gasteiger partial charge on any atom is 0.319 e. The molecule has 4 aliphatic heterocycles. The highest BCUT2D eigenvalue weighted by Crippen LogP contribution is 2.49. The van der Waals surface area contributed by atoms with Crippen molar-refractivity contribution < 1.29 is 19.0 Å². The van der Waals surface area contributed by atoms with Crippen LogP contribution in [0.4, 0.5) is 10.2 Å². The third-order valence-corrected chi connectivity index (χ3v) is 11.5. The summed E-state index contributed by atoms with van der Waals surface area (Å²) in [5.41, 5.74) is 2.83. The van der Waals surface area contributed by atoms with E-state index in [1.165, 1.54) is 6.07 Å². The van der Waals surface area contributed by atoms with Gasteiger partial charge in [-0.15, -0.1) is 6.42 Å². The standard InChI is InChI=1S/C37H37ClFN5O3/c1-3-27-30(39)7-4-21-11-25(45)13-28(32(21)27)31-20(2)10-29-34(33(31)38)41-36(42-35(29)43-14-22-5-6-23(15-43)40-22)47-19-37(8-9-37)18-44-16-26-12-24(44)17-46-26/h1,4,7,10-11,13,22-24,26,40,45H,5-6,8-9,12,14-19H2,2H3/t22?,23?,24-,26-/m0/s1. The van der Waals surface area contributed by atoms with Gasteiger partial charge in [0, 0.05) is 66.1 Å². The number of halogens is 2. The normalized spacial score (nSPS) is 26.0. The molecule has 0 spiro atoms. The molecular weight excluding hydrogens is 617 g/mol. The third-order valence-electron chi connectivity index (χ3n) is 11.1. The molecule has 5 aliphatic rings. The van der Waals surface area contributed by atoms with Gasteiger partial charge in [0.15, 0.2) is 0 Å². The van der Waals surface area contributed by atoms with Crippen LogP contribution in [0.25, 0.3) is 32.8 Å². The van der Waals surface area contributed by atoms with Crippen LogP contribution in [0.3, 0.4) is 0 Å². The summed E-state index contributed by atoms with van der Waals surface area (Å²) in [4.78, 5) is 14.9. The zero-order valence-electron chi connectivity index (χ0n) is 26.4. The van der Waals surface area contributed by atoms with E-state index < -0.39 is 5.82 Å². The minimum Gasteiger partial charge on any atom is -0.508 e. The summed E-state index contributed by atoms with van der Waals surface area (Å²) >= 11 is 7.35. The SMILES string of the molecule is C#Cc1c(F)ccc2cc(O)cc(-c3c(C)cc4c(N5CC6CCC(C5)N6)nc(OCC5(CN6C[C@@H]7C[C@H]6CO7)CC5)nc4c3Cl)c12. The van der Waals surface area contributed by atoms with Crippen LogP contribution in [0.5, 0.6) is 11.8 Å². The number of anilines is 1. The molecule has 1 saturated carbocycles. The molecule has 10 heteroatoms. The van der Waals surface area contributed by atoms with Crippen molar-refractivity contribution in [3.8, 4) is 35.2 Å². The summed E-state index contributed by atoms with van der Waals surface area (Å²) in [7, 11) is 0. The van der Waals surface area contributed by atoms with Gasteiger partial charge in [-0.1, -0.05) is 23.6 Å². The largest absolute Gasteiger partial charge is 0.508 e. The molecule has 1 aliphatic carbocycles. The second-order valence-electron chi connectivity index (χ2n) is 14.4. The highest BCUT2D eigenvalue weighted by molar-refractivity contribution is 6.39. The zero-order valence-corrected chi connectivity index (χ0v) is 27.1. The number of aromatic hydroxyl groups is 1. The number of nitrogens with zero attached hydrogens (tertiary/aromatic N) is 4. The molecule has 242 valence electrons. The highest BCUT2D eigenvalue weighted by Gasteiger charge is 2.49. The lowest BCUT2D eigenvalue weighted by Gasteiger charge is -2.34. The fourth-order valence-corrected chi connectivity index (χ4v) is 8.93. The Kier molecular flexibility index (Phi) is 6.85. The number of hydrogen-bond acceptors (Lipinski definition) is 8. The number of morpholine rings is 1. The first-order valence-electron chi connectivity index (χ1n) is 16.7. The van der Waals surface area contributed by atoms with Gasteiger partial charge in [-0.25, -0.2) is 4.39 Å². The average Bonchev–Trinajstić information content (AvgIpc) is 3.32. The monoisotopic (exact) mass is 653 g/mol. The summed E-state index contributed by atoms with van der Waals surface area (Å²) in [6, 6.07) is 9.83. The van der Waals surface area contributed by atoms with Gasteiger partial charge in [-0.05, 0) is 79.8 Å². The van der Waals surface area contributed by atoms with Crippen molar-refractivity contribution >= 4 is 39.1 Å². The molecule has 47 heavy (non-hydrogen) atoms. The summed E-state index contributed by atoms with van der Waals surface area (Å²) in [5, 5.41) is 16.8. The van der Waals surface area contributed by atoms with E-state index in [0.717, 1.165) is 81.7 Å². The number of benzene rings is 3. The molecule has 5 fully saturated rings. The Morgan fingerprint density at radius 3 is 2.68 bits per heavy atom. The van der Waals surface area contributed by atoms with Crippen LogP contribution in [-0.2, 0) is 4.74 Å². The Hall–Kier alpha value is -3.68. The van der Waals surface area contributed by atoms with E-state index >= 15 is 4.39 Å². The van der Waals surface area contributed by atoms with E-state index in [2.05, 4.69) is 27.1 Å². The first kappa shape index (κ1) is 29.5.